The summed E-state index contributed by atoms with van der Waals surface area (Å²) in [5.41, 5.74) is 2.14. The van der Waals surface area contributed by atoms with E-state index in [1.54, 1.807) is 30.3 Å². The van der Waals surface area contributed by atoms with Crippen molar-refractivity contribution in [1.82, 2.24) is 4.98 Å². The normalized spacial score (nSPS) is 10.4. The lowest BCUT2D eigenvalue weighted by Crippen LogP contribution is -2.07. The highest BCUT2D eigenvalue weighted by molar-refractivity contribution is 5.90. The number of aromatic nitrogens is 1. The third-order valence-corrected chi connectivity index (χ3v) is 4.15. The maximum Gasteiger partial charge on any atom is 0.338 e. The number of ether oxygens (including phenoxy) is 3. The SMILES string of the molecule is C=CCc1cc(C(=O)OCc2coc(-c3ccc(F)cc3)n2)cc(OC)c1OC. The number of carbonyl (C=O) groups excluding carboxylic acids is 1. The van der Waals surface area contributed by atoms with Crippen molar-refractivity contribution in [3.8, 4) is 23.0 Å². The Kier molecular flexibility index (Phi) is 6.29. The molecule has 3 aromatic rings. The van der Waals surface area contributed by atoms with Gasteiger partial charge in [-0.15, -0.1) is 6.58 Å². The van der Waals surface area contributed by atoms with Crippen LogP contribution in [-0.4, -0.2) is 25.2 Å². The number of hydrogen-bond acceptors (Lipinski definition) is 6. The van der Waals surface area contributed by atoms with Gasteiger partial charge in [-0.25, -0.2) is 14.2 Å². The highest BCUT2D eigenvalue weighted by Gasteiger charge is 2.17. The molecule has 6 nitrogen and oxygen atoms in total. The Balaban J connectivity index is 1.73. The number of esters is 1. The molecule has 0 aliphatic rings. The lowest BCUT2D eigenvalue weighted by molar-refractivity contribution is 0.0467. The minimum Gasteiger partial charge on any atom is -0.493 e. The van der Waals surface area contributed by atoms with E-state index in [2.05, 4.69) is 11.6 Å². The standard InChI is InChI=1S/C22H20FNO5/c1-4-5-15-10-16(11-19(26-2)20(15)27-3)22(25)29-13-18-12-28-21(24-18)14-6-8-17(23)9-7-14/h4,6-12H,1,5,13H2,2-3H3. The minimum atomic E-state index is -0.539. The molecule has 7 heteroatoms. The molecule has 0 aliphatic heterocycles. The summed E-state index contributed by atoms with van der Waals surface area (Å²) in [6, 6.07) is 8.98. The largest absolute Gasteiger partial charge is 0.493 e. The first kappa shape index (κ1) is 20.1. The molecule has 0 N–H and O–H groups in total. The van der Waals surface area contributed by atoms with Gasteiger partial charge in [0.15, 0.2) is 11.5 Å². The topological polar surface area (TPSA) is 70.8 Å². The molecule has 1 heterocycles. The van der Waals surface area contributed by atoms with Crippen molar-refractivity contribution < 1.29 is 27.8 Å². The molecule has 0 radical (unpaired) electrons. The fraction of sp³-hybridized carbons (Fsp3) is 0.182. The van der Waals surface area contributed by atoms with Crippen molar-refractivity contribution >= 4 is 5.97 Å². The Labute approximate surface area is 167 Å². The number of oxazole rings is 1. The van der Waals surface area contributed by atoms with E-state index in [9.17, 15) is 9.18 Å². The van der Waals surface area contributed by atoms with Crippen LogP contribution in [-0.2, 0) is 17.8 Å². The van der Waals surface area contributed by atoms with Gasteiger partial charge in [-0.3, -0.25) is 0 Å². The highest BCUT2D eigenvalue weighted by atomic mass is 19.1. The molecule has 0 aliphatic carbocycles. The summed E-state index contributed by atoms with van der Waals surface area (Å²) in [7, 11) is 3.03. The molecule has 0 bridgehead atoms. The molecule has 29 heavy (non-hydrogen) atoms. The maximum atomic E-state index is 13.0. The van der Waals surface area contributed by atoms with E-state index >= 15 is 0 Å². The first-order valence-electron chi connectivity index (χ1n) is 8.79. The second-order valence-electron chi connectivity index (χ2n) is 6.09. The summed E-state index contributed by atoms with van der Waals surface area (Å²) in [6.45, 7) is 3.64. The van der Waals surface area contributed by atoms with Gasteiger partial charge >= 0.3 is 5.97 Å². The van der Waals surface area contributed by atoms with Gasteiger partial charge in [0.05, 0.1) is 19.8 Å². The molecule has 0 saturated carbocycles. The van der Waals surface area contributed by atoms with E-state index in [1.807, 2.05) is 0 Å². The molecule has 3 rings (SSSR count). The average Bonchev–Trinajstić information content (AvgIpc) is 3.21. The average molecular weight is 397 g/mol. The van der Waals surface area contributed by atoms with Crippen LogP contribution in [0.2, 0.25) is 0 Å². The zero-order valence-electron chi connectivity index (χ0n) is 16.1. The van der Waals surface area contributed by atoms with Gasteiger partial charge in [0.1, 0.15) is 24.4 Å². The fourth-order valence-electron chi connectivity index (χ4n) is 2.79. The van der Waals surface area contributed by atoms with Crippen LogP contribution in [0, 0.1) is 5.82 Å². The highest BCUT2D eigenvalue weighted by Crippen LogP contribution is 2.33. The maximum absolute atomic E-state index is 13.0. The summed E-state index contributed by atoms with van der Waals surface area (Å²) in [6.07, 6.45) is 3.60. The van der Waals surface area contributed by atoms with E-state index in [0.29, 0.717) is 40.6 Å². The second kappa shape index (κ2) is 9.05. The van der Waals surface area contributed by atoms with Gasteiger partial charge in [-0.05, 0) is 42.8 Å². The Morgan fingerprint density at radius 3 is 2.62 bits per heavy atom. The number of hydrogen-bond donors (Lipinski definition) is 0. The molecular weight excluding hydrogens is 377 g/mol. The lowest BCUT2D eigenvalue weighted by atomic mass is 10.1. The van der Waals surface area contributed by atoms with Crippen LogP contribution >= 0.6 is 0 Å². The molecule has 1 aromatic heterocycles. The summed E-state index contributed by atoms with van der Waals surface area (Å²) in [5.74, 6) is 0.404. The van der Waals surface area contributed by atoms with Crippen LogP contribution in [0.15, 0.2) is 59.7 Å². The van der Waals surface area contributed by atoms with Crippen LogP contribution in [0.5, 0.6) is 11.5 Å². The molecule has 0 atom stereocenters. The first-order valence-corrected chi connectivity index (χ1v) is 8.79. The van der Waals surface area contributed by atoms with Gasteiger partial charge in [0.2, 0.25) is 5.89 Å². The predicted molar refractivity (Wildman–Crippen MR) is 104 cm³/mol. The monoisotopic (exact) mass is 397 g/mol. The number of allylic oxidation sites excluding steroid dienone is 1. The first-order chi connectivity index (χ1) is 14.0. The van der Waals surface area contributed by atoms with Crippen LogP contribution in [0.1, 0.15) is 21.6 Å². The molecule has 0 fully saturated rings. The van der Waals surface area contributed by atoms with Crippen LogP contribution < -0.4 is 9.47 Å². The van der Waals surface area contributed by atoms with Crippen molar-refractivity contribution in [3.05, 3.63) is 78.0 Å². The summed E-state index contributed by atoms with van der Waals surface area (Å²) < 4.78 is 34.4. The van der Waals surface area contributed by atoms with Crippen molar-refractivity contribution in [2.45, 2.75) is 13.0 Å². The number of rotatable bonds is 8. The van der Waals surface area contributed by atoms with Gasteiger partial charge < -0.3 is 18.6 Å². The minimum absolute atomic E-state index is 0.0747. The van der Waals surface area contributed by atoms with E-state index < -0.39 is 5.97 Å². The zero-order valence-corrected chi connectivity index (χ0v) is 16.1. The molecule has 0 spiro atoms. The van der Waals surface area contributed by atoms with Gasteiger partial charge in [0, 0.05) is 11.1 Å². The number of halogens is 1. The van der Waals surface area contributed by atoms with E-state index in [-0.39, 0.29) is 12.4 Å². The second-order valence-corrected chi connectivity index (χ2v) is 6.09. The van der Waals surface area contributed by atoms with Crippen molar-refractivity contribution in [2.24, 2.45) is 0 Å². The van der Waals surface area contributed by atoms with Crippen LogP contribution in [0.4, 0.5) is 4.39 Å². The number of nitrogens with zero attached hydrogens (tertiary/aromatic N) is 1. The quantitative estimate of drug-likeness (QED) is 0.409. The molecule has 150 valence electrons. The smallest absolute Gasteiger partial charge is 0.338 e. The summed E-state index contributed by atoms with van der Waals surface area (Å²) in [5, 5.41) is 0. The summed E-state index contributed by atoms with van der Waals surface area (Å²) >= 11 is 0. The summed E-state index contributed by atoms with van der Waals surface area (Å²) in [4.78, 5) is 16.8. The predicted octanol–water partition coefficient (Wildman–Crippen LogP) is 4.58. The van der Waals surface area contributed by atoms with Gasteiger partial charge in [-0.1, -0.05) is 6.08 Å². The fourth-order valence-corrected chi connectivity index (χ4v) is 2.79. The van der Waals surface area contributed by atoms with Gasteiger partial charge in [0.25, 0.3) is 0 Å². The number of benzene rings is 2. The van der Waals surface area contributed by atoms with Crippen LogP contribution in [0.25, 0.3) is 11.5 Å². The number of carbonyl (C=O) groups is 1. The molecule has 0 unspecified atom stereocenters. The third kappa shape index (κ3) is 4.63. The van der Waals surface area contributed by atoms with Crippen molar-refractivity contribution in [1.29, 1.82) is 0 Å². The van der Waals surface area contributed by atoms with E-state index in [1.165, 1.54) is 32.6 Å². The zero-order chi connectivity index (χ0) is 20.8. The Morgan fingerprint density at radius 1 is 1.21 bits per heavy atom. The van der Waals surface area contributed by atoms with E-state index in [4.69, 9.17) is 18.6 Å². The molecule has 2 aromatic carbocycles. The Bertz CT molecular complexity index is 1010. The molecule has 0 amide bonds. The van der Waals surface area contributed by atoms with Crippen molar-refractivity contribution in [3.63, 3.8) is 0 Å². The molecular formula is C22H20FNO5. The third-order valence-electron chi connectivity index (χ3n) is 4.15. The van der Waals surface area contributed by atoms with Gasteiger partial charge in [-0.2, -0.15) is 0 Å². The van der Waals surface area contributed by atoms with E-state index in [0.717, 1.165) is 5.56 Å². The lowest BCUT2D eigenvalue weighted by Gasteiger charge is -2.14. The molecule has 0 saturated heterocycles. The Morgan fingerprint density at radius 2 is 1.97 bits per heavy atom. The van der Waals surface area contributed by atoms with Crippen LogP contribution in [0.3, 0.4) is 0 Å². The number of methoxy groups -OCH3 is 2. The Hall–Kier alpha value is -3.61. The van der Waals surface area contributed by atoms with Crippen molar-refractivity contribution in [2.75, 3.05) is 14.2 Å².